The lowest BCUT2D eigenvalue weighted by Crippen LogP contribution is -2.19. The molecule has 0 saturated heterocycles. The number of para-hydroxylation sites is 1. The number of hydrogen-bond donors (Lipinski definition) is 1. The van der Waals surface area contributed by atoms with Crippen molar-refractivity contribution in [3.8, 4) is 0 Å². The molecule has 0 radical (unpaired) electrons. The van der Waals surface area contributed by atoms with Crippen molar-refractivity contribution in [2.75, 3.05) is 13.1 Å². The molecule has 0 bridgehead atoms. The van der Waals surface area contributed by atoms with Crippen molar-refractivity contribution in [3.05, 3.63) is 52.2 Å². The van der Waals surface area contributed by atoms with Gasteiger partial charge in [0.05, 0.1) is 6.20 Å². The molecule has 0 fully saturated rings. The summed E-state index contributed by atoms with van der Waals surface area (Å²) in [6.45, 7) is 1.75. The summed E-state index contributed by atoms with van der Waals surface area (Å²) in [5.41, 5.74) is 2.81. The minimum absolute atomic E-state index is 0.381. The molecule has 5 nitrogen and oxygen atoms in total. The van der Waals surface area contributed by atoms with E-state index in [1.165, 1.54) is 5.57 Å². The van der Waals surface area contributed by atoms with Gasteiger partial charge in [-0.3, -0.25) is 0 Å². The first kappa shape index (κ1) is 11.0. The van der Waals surface area contributed by atoms with Gasteiger partial charge in [0.2, 0.25) is 0 Å². The van der Waals surface area contributed by atoms with E-state index in [-0.39, 0.29) is 5.03 Å². The summed E-state index contributed by atoms with van der Waals surface area (Å²) >= 11 is 0. The third-order valence-corrected chi connectivity index (χ3v) is 3.28. The molecule has 92 valence electrons. The topological polar surface area (TPSA) is 60.1 Å². The zero-order chi connectivity index (χ0) is 12.5. The molecule has 0 unspecified atom stereocenters. The molecule has 0 amide bonds. The molecule has 1 aromatic carbocycles. The molecule has 5 heteroatoms. The van der Waals surface area contributed by atoms with Gasteiger partial charge in [-0.15, -0.1) is 0 Å². The Hall–Kier alpha value is -2.14. The quantitative estimate of drug-likeness (QED) is 0.648. The van der Waals surface area contributed by atoms with Gasteiger partial charge in [-0.05, 0) is 24.6 Å². The Morgan fingerprint density at radius 3 is 2.89 bits per heavy atom. The van der Waals surface area contributed by atoms with Crippen LogP contribution in [0.3, 0.4) is 0 Å². The Morgan fingerprint density at radius 2 is 2.17 bits per heavy atom. The first-order valence-corrected chi connectivity index (χ1v) is 5.92. The molecule has 0 atom stereocenters. The minimum atomic E-state index is -0.381. The Balaban J connectivity index is 2.23. The fraction of sp³-hybridized carbons (Fsp3) is 0.231. The predicted molar refractivity (Wildman–Crippen MR) is 69.8 cm³/mol. The van der Waals surface area contributed by atoms with Crippen LogP contribution in [-0.4, -0.2) is 22.8 Å². The van der Waals surface area contributed by atoms with Gasteiger partial charge in [0.15, 0.2) is 5.03 Å². The van der Waals surface area contributed by atoms with E-state index in [2.05, 4.69) is 11.4 Å². The lowest BCUT2D eigenvalue weighted by atomic mass is 10.00. The normalized spacial score (nSPS) is 15.7. The predicted octanol–water partition coefficient (Wildman–Crippen LogP) is 2.06. The van der Waals surface area contributed by atoms with Gasteiger partial charge in [0.1, 0.15) is 5.52 Å². The molecule has 1 N–H and O–H groups in total. The Morgan fingerprint density at radius 1 is 1.33 bits per heavy atom. The van der Waals surface area contributed by atoms with E-state index in [1.807, 2.05) is 18.2 Å². The van der Waals surface area contributed by atoms with Crippen molar-refractivity contribution >= 4 is 16.5 Å². The van der Waals surface area contributed by atoms with Crippen molar-refractivity contribution in [3.63, 3.8) is 0 Å². The van der Waals surface area contributed by atoms with Crippen LogP contribution in [0.5, 0.6) is 0 Å². The number of hydrogen-bond acceptors (Lipinski definition) is 3. The first-order chi connectivity index (χ1) is 8.77. The molecular weight excluding hydrogens is 230 g/mol. The Labute approximate surface area is 104 Å². The van der Waals surface area contributed by atoms with E-state index in [4.69, 9.17) is 0 Å². The highest BCUT2D eigenvalue weighted by atomic mass is 16.7. The fourth-order valence-electron chi connectivity index (χ4n) is 2.42. The Kier molecular flexibility index (Phi) is 2.60. The van der Waals surface area contributed by atoms with Crippen LogP contribution in [0.1, 0.15) is 12.0 Å². The molecule has 18 heavy (non-hydrogen) atoms. The summed E-state index contributed by atoms with van der Waals surface area (Å²) in [4.78, 5) is 11.0. The van der Waals surface area contributed by atoms with E-state index < -0.39 is 0 Å². The molecule has 3 rings (SSSR count). The van der Waals surface area contributed by atoms with Crippen molar-refractivity contribution in [1.82, 2.24) is 9.99 Å². The number of rotatable bonds is 2. The van der Waals surface area contributed by atoms with Crippen molar-refractivity contribution in [2.45, 2.75) is 6.42 Å². The van der Waals surface area contributed by atoms with Gasteiger partial charge in [-0.2, -0.15) is 0 Å². The minimum Gasteiger partial charge on any atom is -0.313 e. The third kappa shape index (κ3) is 1.69. The number of aromatic nitrogens is 1. The standard InChI is InChI=1S/C13H13N3O2/c17-16(18)15-9-12(10-5-7-14-8-6-10)11-3-1-2-4-13(11)15/h1-5,9,14H,6-8H2. The number of fused-ring (bicyclic) bond motifs is 1. The molecular formula is C13H13N3O2. The average molecular weight is 243 g/mol. The zero-order valence-corrected chi connectivity index (χ0v) is 9.80. The van der Waals surface area contributed by atoms with Crippen LogP contribution in [0.15, 0.2) is 36.5 Å². The molecule has 0 saturated carbocycles. The summed E-state index contributed by atoms with van der Waals surface area (Å²) in [7, 11) is 0. The van der Waals surface area contributed by atoms with E-state index in [0.29, 0.717) is 5.52 Å². The van der Waals surface area contributed by atoms with Gasteiger partial charge in [-0.1, -0.05) is 29.0 Å². The second-order valence-electron chi connectivity index (χ2n) is 4.33. The summed E-state index contributed by atoms with van der Waals surface area (Å²) in [5, 5.41) is 14.9. The highest BCUT2D eigenvalue weighted by molar-refractivity contribution is 5.93. The molecule has 1 aliphatic rings. The number of nitrogens with one attached hydrogen (secondary N) is 1. The highest BCUT2D eigenvalue weighted by Gasteiger charge is 2.17. The van der Waals surface area contributed by atoms with Crippen molar-refractivity contribution < 1.29 is 5.03 Å². The molecule has 2 heterocycles. The maximum absolute atomic E-state index is 11.0. The van der Waals surface area contributed by atoms with Crippen LogP contribution in [-0.2, 0) is 0 Å². The molecule has 1 aromatic heterocycles. The van der Waals surface area contributed by atoms with E-state index in [9.17, 15) is 10.1 Å². The summed E-state index contributed by atoms with van der Waals surface area (Å²) < 4.78 is 1.10. The smallest absolute Gasteiger partial charge is 0.169 e. The van der Waals surface area contributed by atoms with Crippen LogP contribution in [0.2, 0.25) is 0 Å². The summed E-state index contributed by atoms with van der Waals surface area (Å²) in [6.07, 6.45) is 4.64. The number of nitrogens with zero attached hydrogens (tertiary/aromatic N) is 2. The average Bonchev–Trinajstić information content (AvgIpc) is 2.79. The second kappa shape index (κ2) is 4.27. The lowest BCUT2D eigenvalue weighted by molar-refractivity contribution is -0.537. The number of benzene rings is 1. The van der Waals surface area contributed by atoms with E-state index in [0.717, 1.165) is 35.1 Å². The van der Waals surface area contributed by atoms with E-state index in [1.54, 1.807) is 12.3 Å². The molecule has 2 aromatic rings. The zero-order valence-electron chi connectivity index (χ0n) is 9.80. The SMILES string of the molecule is O=[N+]([O-])n1cc(C2=CCNCC2)c2ccccc21. The maximum atomic E-state index is 11.0. The monoisotopic (exact) mass is 243 g/mol. The largest absolute Gasteiger partial charge is 0.313 e. The number of nitro groups is 1. The van der Waals surface area contributed by atoms with Gasteiger partial charge in [0, 0.05) is 17.5 Å². The van der Waals surface area contributed by atoms with Gasteiger partial charge in [0.25, 0.3) is 0 Å². The van der Waals surface area contributed by atoms with Crippen LogP contribution < -0.4 is 5.32 Å². The van der Waals surface area contributed by atoms with E-state index >= 15 is 0 Å². The van der Waals surface area contributed by atoms with Crippen LogP contribution in [0.4, 0.5) is 0 Å². The summed E-state index contributed by atoms with van der Waals surface area (Å²) in [6, 6.07) is 7.46. The fourth-order valence-corrected chi connectivity index (χ4v) is 2.42. The molecule has 0 aliphatic carbocycles. The van der Waals surface area contributed by atoms with Gasteiger partial charge < -0.3 is 5.32 Å². The first-order valence-electron chi connectivity index (χ1n) is 5.92. The van der Waals surface area contributed by atoms with Crippen molar-refractivity contribution in [2.24, 2.45) is 0 Å². The second-order valence-corrected chi connectivity index (χ2v) is 4.33. The highest BCUT2D eigenvalue weighted by Crippen LogP contribution is 2.29. The van der Waals surface area contributed by atoms with Crippen LogP contribution >= 0.6 is 0 Å². The van der Waals surface area contributed by atoms with Gasteiger partial charge >= 0.3 is 0 Å². The van der Waals surface area contributed by atoms with Crippen LogP contribution in [0, 0.1) is 10.1 Å². The molecule has 1 aliphatic heterocycles. The third-order valence-electron chi connectivity index (χ3n) is 3.28. The molecule has 0 spiro atoms. The van der Waals surface area contributed by atoms with Gasteiger partial charge in [-0.25, -0.2) is 10.1 Å². The summed E-state index contributed by atoms with van der Waals surface area (Å²) in [5.74, 6) is 0. The van der Waals surface area contributed by atoms with Crippen molar-refractivity contribution in [1.29, 1.82) is 0 Å². The Bertz CT molecular complexity index is 643. The van der Waals surface area contributed by atoms with Crippen LogP contribution in [0.25, 0.3) is 16.5 Å². The maximum Gasteiger partial charge on any atom is 0.169 e. The lowest BCUT2D eigenvalue weighted by Gasteiger charge is -2.12.